The molecule has 0 amide bonds. The predicted octanol–water partition coefficient (Wildman–Crippen LogP) is 2.99. The summed E-state index contributed by atoms with van der Waals surface area (Å²) in [5.41, 5.74) is 3.96. The van der Waals surface area contributed by atoms with Crippen molar-refractivity contribution < 1.29 is 8.42 Å². The van der Waals surface area contributed by atoms with Gasteiger partial charge in [0.15, 0.2) is 0 Å². The maximum Gasteiger partial charge on any atom is 0.238 e. The van der Waals surface area contributed by atoms with E-state index in [0.717, 1.165) is 47.7 Å². The summed E-state index contributed by atoms with van der Waals surface area (Å²) in [5, 5.41) is 8.56. The zero-order valence-corrected chi connectivity index (χ0v) is 17.0. The number of para-hydroxylation sites is 1. The van der Waals surface area contributed by atoms with Crippen molar-refractivity contribution in [2.75, 3.05) is 16.8 Å². The molecule has 0 atom stereocenters. The number of hydrogen-bond donors (Lipinski definition) is 2. The fourth-order valence-electron chi connectivity index (χ4n) is 3.44. The molecule has 4 rings (SSSR count). The molecule has 0 saturated carbocycles. The molecule has 7 nitrogen and oxygen atoms in total. The van der Waals surface area contributed by atoms with Crippen LogP contribution in [0.25, 0.3) is 0 Å². The second-order valence-electron chi connectivity index (χ2n) is 7.03. The zero-order valence-electron chi connectivity index (χ0n) is 16.2. The molecular formula is C21H23N5O2S. The molecule has 0 aliphatic carbocycles. The molecule has 1 aliphatic rings. The lowest BCUT2D eigenvalue weighted by Gasteiger charge is -2.30. The van der Waals surface area contributed by atoms with Crippen LogP contribution in [0, 0.1) is 0 Å². The van der Waals surface area contributed by atoms with E-state index >= 15 is 0 Å². The number of rotatable bonds is 5. The minimum absolute atomic E-state index is 0.140. The number of aryl methyl sites for hydroxylation is 1. The van der Waals surface area contributed by atoms with E-state index in [1.165, 1.54) is 0 Å². The highest BCUT2D eigenvalue weighted by atomic mass is 32.2. The Kier molecular flexibility index (Phi) is 5.21. The maximum atomic E-state index is 11.7. The van der Waals surface area contributed by atoms with Gasteiger partial charge < -0.3 is 10.2 Å². The fourth-order valence-corrected chi connectivity index (χ4v) is 4.00. The Labute approximate surface area is 170 Å². The molecule has 2 aromatic carbocycles. The summed E-state index contributed by atoms with van der Waals surface area (Å²) >= 11 is 0. The molecular weight excluding hydrogens is 386 g/mol. The lowest BCUT2D eigenvalue weighted by molar-refractivity contribution is 0.597. The molecule has 29 heavy (non-hydrogen) atoms. The Morgan fingerprint density at radius 2 is 1.86 bits per heavy atom. The van der Waals surface area contributed by atoms with Gasteiger partial charge in [0, 0.05) is 30.5 Å². The van der Waals surface area contributed by atoms with Gasteiger partial charge in [-0.1, -0.05) is 31.2 Å². The Morgan fingerprint density at radius 3 is 2.59 bits per heavy atom. The zero-order chi connectivity index (χ0) is 20.4. The Hall–Kier alpha value is -2.97. The molecule has 0 radical (unpaired) electrons. The smallest absolute Gasteiger partial charge is 0.238 e. The Balaban J connectivity index is 1.64. The second kappa shape index (κ2) is 7.81. The first-order chi connectivity index (χ1) is 13.9. The topological polar surface area (TPSA) is 101 Å². The summed E-state index contributed by atoms with van der Waals surface area (Å²) in [7, 11) is -3.72. The lowest BCUT2D eigenvalue weighted by atomic mass is 10.00. The van der Waals surface area contributed by atoms with Gasteiger partial charge in [-0.2, -0.15) is 4.98 Å². The van der Waals surface area contributed by atoms with Crippen molar-refractivity contribution in [2.24, 2.45) is 5.14 Å². The Morgan fingerprint density at radius 1 is 1.07 bits per heavy atom. The predicted molar refractivity (Wildman–Crippen MR) is 114 cm³/mol. The minimum Gasteiger partial charge on any atom is -0.352 e. The molecule has 150 valence electrons. The molecule has 0 fully saturated rings. The number of aromatic nitrogens is 2. The van der Waals surface area contributed by atoms with Crippen LogP contribution in [0.15, 0.2) is 59.5 Å². The number of anilines is 3. The summed E-state index contributed by atoms with van der Waals surface area (Å²) in [6.45, 7) is 3.43. The van der Waals surface area contributed by atoms with Crippen LogP contribution in [0.2, 0.25) is 0 Å². The number of primary sulfonamides is 1. The van der Waals surface area contributed by atoms with Crippen LogP contribution in [0.3, 0.4) is 0 Å². The maximum absolute atomic E-state index is 11.7. The lowest BCUT2D eigenvalue weighted by Crippen LogP contribution is -2.31. The first-order valence-electron chi connectivity index (χ1n) is 9.52. The van der Waals surface area contributed by atoms with Gasteiger partial charge in [-0.15, -0.1) is 0 Å². The van der Waals surface area contributed by atoms with Crippen molar-refractivity contribution in [2.45, 2.75) is 31.2 Å². The first-order valence-corrected chi connectivity index (χ1v) is 11.1. The molecule has 3 aromatic rings. The van der Waals surface area contributed by atoms with Crippen LogP contribution in [0.1, 0.15) is 23.7 Å². The average molecular weight is 410 g/mol. The number of sulfonamides is 1. The monoisotopic (exact) mass is 409 g/mol. The van der Waals surface area contributed by atoms with Crippen LogP contribution in [0.4, 0.5) is 17.5 Å². The fraction of sp³-hybridized carbons (Fsp3) is 0.238. The molecule has 1 aliphatic heterocycles. The molecule has 0 spiro atoms. The molecule has 0 saturated heterocycles. The van der Waals surface area contributed by atoms with E-state index in [-0.39, 0.29) is 4.90 Å². The second-order valence-corrected chi connectivity index (χ2v) is 8.59. The van der Waals surface area contributed by atoms with E-state index in [4.69, 9.17) is 10.1 Å². The van der Waals surface area contributed by atoms with Crippen LogP contribution in [0.5, 0.6) is 0 Å². The van der Waals surface area contributed by atoms with Crippen molar-refractivity contribution in [1.82, 2.24) is 9.97 Å². The normalized spacial score (nSPS) is 13.8. The molecule has 1 aromatic heterocycles. The molecule has 8 heteroatoms. The number of fused-ring (bicyclic) bond motifs is 1. The first kappa shape index (κ1) is 19.4. The summed E-state index contributed by atoms with van der Waals surface area (Å²) < 4.78 is 23.4. The number of benzene rings is 2. The highest BCUT2D eigenvalue weighted by Crippen LogP contribution is 2.27. The highest BCUT2D eigenvalue weighted by molar-refractivity contribution is 7.89. The summed E-state index contributed by atoms with van der Waals surface area (Å²) in [5.74, 6) is 1.37. The molecule has 2 heterocycles. The van der Waals surface area contributed by atoms with Crippen molar-refractivity contribution in [3.63, 3.8) is 0 Å². The quantitative estimate of drug-likeness (QED) is 0.672. The molecule has 3 N–H and O–H groups in total. The van der Waals surface area contributed by atoms with Gasteiger partial charge in [0.1, 0.15) is 5.82 Å². The van der Waals surface area contributed by atoms with Gasteiger partial charge >= 0.3 is 0 Å². The van der Waals surface area contributed by atoms with Gasteiger partial charge in [-0.25, -0.2) is 18.5 Å². The average Bonchev–Trinajstić information content (AvgIpc) is 2.72. The van der Waals surface area contributed by atoms with Gasteiger partial charge in [0.2, 0.25) is 16.0 Å². The highest BCUT2D eigenvalue weighted by Gasteiger charge is 2.21. The van der Waals surface area contributed by atoms with Crippen LogP contribution < -0.4 is 15.4 Å². The van der Waals surface area contributed by atoms with Gasteiger partial charge in [-0.3, -0.25) is 0 Å². The number of nitrogens with one attached hydrogen (secondary N) is 1. The third kappa shape index (κ3) is 4.38. The van der Waals surface area contributed by atoms with E-state index in [1.807, 2.05) is 42.5 Å². The number of nitrogens with zero attached hydrogens (tertiary/aromatic N) is 3. The van der Waals surface area contributed by atoms with Gasteiger partial charge in [0.05, 0.1) is 4.90 Å². The van der Waals surface area contributed by atoms with E-state index in [2.05, 4.69) is 22.1 Å². The van der Waals surface area contributed by atoms with E-state index in [1.54, 1.807) is 12.1 Å². The third-order valence-corrected chi connectivity index (χ3v) is 5.91. The van der Waals surface area contributed by atoms with Crippen LogP contribution in [-0.2, 0) is 29.4 Å². The molecule has 0 unspecified atom stereocenters. The van der Waals surface area contributed by atoms with Crippen molar-refractivity contribution in [3.05, 3.63) is 71.4 Å². The summed E-state index contributed by atoms with van der Waals surface area (Å²) in [4.78, 5) is 11.6. The van der Waals surface area contributed by atoms with Crippen molar-refractivity contribution in [3.8, 4) is 0 Å². The largest absolute Gasteiger partial charge is 0.352 e. The standard InChI is InChI=1S/C21H23N5O2S/c1-2-17-13-20(25-21(23-17)24-18-6-4-3-5-7-18)26-11-10-15-8-9-19(29(22,27)28)12-16(15)14-26/h3-9,12-13H,2,10-11,14H2,1H3,(H2,22,27,28)(H,23,24,25). The minimum atomic E-state index is -3.72. The van der Waals surface area contributed by atoms with Crippen molar-refractivity contribution >= 4 is 27.5 Å². The number of nitrogens with two attached hydrogens (primary N) is 1. The van der Waals surface area contributed by atoms with Gasteiger partial charge in [-0.05, 0) is 48.2 Å². The molecule has 0 bridgehead atoms. The van der Waals surface area contributed by atoms with Gasteiger partial charge in [0.25, 0.3) is 0 Å². The summed E-state index contributed by atoms with van der Waals surface area (Å²) in [6, 6.07) is 16.9. The number of hydrogen-bond acceptors (Lipinski definition) is 6. The van der Waals surface area contributed by atoms with E-state index in [9.17, 15) is 8.42 Å². The third-order valence-electron chi connectivity index (χ3n) is 5.00. The van der Waals surface area contributed by atoms with E-state index in [0.29, 0.717) is 12.5 Å². The summed E-state index contributed by atoms with van der Waals surface area (Å²) in [6.07, 6.45) is 1.60. The van der Waals surface area contributed by atoms with Crippen LogP contribution in [-0.4, -0.2) is 24.9 Å². The van der Waals surface area contributed by atoms with E-state index < -0.39 is 10.0 Å². The SMILES string of the molecule is CCc1cc(N2CCc3ccc(S(N)(=O)=O)cc3C2)nc(Nc2ccccc2)n1. The Bertz CT molecular complexity index is 1130. The van der Waals surface area contributed by atoms with Crippen LogP contribution >= 0.6 is 0 Å². The van der Waals surface area contributed by atoms with Crippen molar-refractivity contribution in [1.29, 1.82) is 0 Å².